The molecule has 0 radical (unpaired) electrons. The van der Waals surface area contributed by atoms with E-state index in [9.17, 15) is 17.6 Å². The molecular formula is C27H25Cl2FN2O6S. The molecular weight excluding hydrogens is 570 g/mol. The van der Waals surface area contributed by atoms with E-state index in [2.05, 4.69) is 4.98 Å². The molecule has 0 spiro atoms. The number of hydrogen-bond acceptors (Lipinski definition) is 6. The monoisotopic (exact) mass is 594 g/mol. The third-order valence-electron chi connectivity index (χ3n) is 5.97. The highest BCUT2D eigenvalue weighted by molar-refractivity contribution is 7.93. The smallest absolute Gasteiger partial charge is 0.303 e. The molecule has 0 unspecified atom stereocenters. The first kappa shape index (κ1) is 28.7. The van der Waals surface area contributed by atoms with Crippen LogP contribution in [-0.4, -0.2) is 43.7 Å². The predicted octanol–water partition coefficient (Wildman–Crippen LogP) is 6.31. The Bertz CT molecular complexity index is 1530. The standard InChI is InChI=1S/C27H25Cl2FN2O6S/c1-3-37-27-24(13-18(28)14-31-27)39(35,36)32-15-19(8-10-25(33)34)38-23-9-7-17(12-22(23)32)11-16(2)26-20(29)5-4-6-21(26)30/h4-7,9,11-14,19H,3,8,10,15H2,1-2H3,(H,33,34)/b16-11+/t19-/m0/s1. The molecule has 1 atom stereocenters. The third-order valence-corrected chi connectivity index (χ3v) is 8.27. The Balaban J connectivity index is 1.82. The summed E-state index contributed by atoms with van der Waals surface area (Å²) in [5.74, 6) is -1.39. The first-order valence-corrected chi connectivity index (χ1v) is 14.2. The van der Waals surface area contributed by atoms with Gasteiger partial charge >= 0.3 is 5.97 Å². The van der Waals surface area contributed by atoms with Crippen molar-refractivity contribution in [1.29, 1.82) is 0 Å². The summed E-state index contributed by atoms with van der Waals surface area (Å²) in [5, 5.41) is 9.50. The average molecular weight is 595 g/mol. The van der Waals surface area contributed by atoms with Crippen molar-refractivity contribution < 1.29 is 32.2 Å². The summed E-state index contributed by atoms with van der Waals surface area (Å²) in [4.78, 5) is 15.0. The van der Waals surface area contributed by atoms with Crippen molar-refractivity contribution in [2.24, 2.45) is 0 Å². The highest BCUT2D eigenvalue weighted by Crippen LogP contribution is 2.41. The summed E-state index contributed by atoms with van der Waals surface area (Å²) < 4.78 is 55.1. The van der Waals surface area contributed by atoms with E-state index < -0.39 is 27.9 Å². The number of carboxylic acid groups (broad SMARTS) is 1. The fourth-order valence-corrected chi connectivity index (χ4v) is 6.38. The largest absolute Gasteiger partial charge is 0.486 e. The molecule has 0 amide bonds. The maximum absolute atomic E-state index is 14.5. The highest BCUT2D eigenvalue weighted by atomic mass is 35.5. The van der Waals surface area contributed by atoms with Gasteiger partial charge in [-0.25, -0.2) is 17.8 Å². The Hall–Kier alpha value is -3.34. The maximum Gasteiger partial charge on any atom is 0.303 e. The van der Waals surface area contributed by atoms with Crippen LogP contribution >= 0.6 is 23.2 Å². The number of carbonyl (C=O) groups is 1. The number of aromatic nitrogens is 1. The minimum Gasteiger partial charge on any atom is -0.486 e. The topological polar surface area (TPSA) is 106 Å². The molecule has 1 N–H and O–H groups in total. The molecule has 3 aromatic rings. The summed E-state index contributed by atoms with van der Waals surface area (Å²) in [5.41, 5.74) is 1.54. The highest BCUT2D eigenvalue weighted by Gasteiger charge is 2.37. The Morgan fingerprint density at radius 3 is 2.74 bits per heavy atom. The first-order valence-electron chi connectivity index (χ1n) is 12.0. The SMILES string of the molecule is CCOc1ncc(Cl)cc1S(=O)(=O)N1C[C@H](CCC(=O)O)Oc2ccc(/C=C(\C)c3c(F)cccc3Cl)cc21. The molecule has 2 heterocycles. The number of sulfonamides is 1. The fraction of sp³-hybridized carbons (Fsp3) is 0.259. The number of allylic oxidation sites excluding steroid dienone is 1. The summed E-state index contributed by atoms with van der Waals surface area (Å²) in [6.07, 6.45) is 2.11. The summed E-state index contributed by atoms with van der Waals surface area (Å²) in [6.45, 7) is 3.40. The molecule has 0 fully saturated rings. The number of fused-ring (bicyclic) bond motifs is 1. The second kappa shape index (κ2) is 11.8. The van der Waals surface area contributed by atoms with Crippen LogP contribution in [0.1, 0.15) is 37.8 Å². The van der Waals surface area contributed by atoms with Gasteiger partial charge in [-0.2, -0.15) is 0 Å². The molecule has 4 rings (SSSR count). The van der Waals surface area contributed by atoms with Crippen molar-refractivity contribution in [3.8, 4) is 11.6 Å². The lowest BCUT2D eigenvalue weighted by atomic mass is 10.0. The van der Waals surface area contributed by atoms with Gasteiger partial charge in [0.1, 0.15) is 17.7 Å². The molecule has 2 aromatic carbocycles. The van der Waals surface area contributed by atoms with E-state index in [1.165, 1.54) is 24.4 Å². The van der Waals surface area contributed by atoms with E-state index in [0.717, 1.165) is 4.31 Å². The van der Waals surface area contributed by atoms with Gasteiger partial charge in [0, 0.05) is 18.2 Å². The number of pyridine rings is 1. The lowest BCUT2D eigenvalue weighted by Gasteiger charge is -2.35. The third kappa shape index (κ3) is 6.29. The van der Waals surface area contributed by atoms with Crippen LogP contribution in [0, 0.1) is 5.82 Å². The second-order valence-electron chi connectivity index (χ2n) is 8.75. The minimum atomic E-state index is -4.30. The number of benzene rings is 2. The number of carboxylic acids is 1. The van der Waals surface area contributed by atoms with Gasteiger partial charge in [-0.3, -0.25) is 9.10 Å². The van der Waals surface area contributed by atoms with E-state index in [0.29, 0.717) is 11.1 Å². The zero-order valence-electron chi connectivity index (χ0n) is 21.0. The zero-order chi connectivity index (χ0) is 28.3. The van der Waals surface area contributed by atoms with Crippen molar-refractivity contribution in [3.63, 3.8) is 0 Å². The lowest BCUT2D eigenvalue weighted by Crippen LogP contribution is -2.44. The van der Waals surface area contributed by atoms with Crippen LogP contribution in [0.3, 0.4) is 0 Å². The molecule has 206 valence electrons. The molecule has 8 nitrogen and oxygen atoms in total. The first-order chi connectivity index (χ1) is 18.5. The minimum absolute atomic E-state index is 0.0828. The van der Waals surface area contributed by atoms with Crippen molar-refractivity contribution >= 4 is 56.5 Å². The van der Waals surface area contributed by atoms with E-state index in [1.807, 2.05) is 0 Å². The van der Waals surface area contributed by atoms with Crippen LogP contribution < -0.4 is 13.8 Å². The van der Waals surface area contributed by atoms with E-state index in [4.69, 9.17) is 37.8 Å². The van der Waals surface area contributed by atoms with Gasteiger partial charge in [-0.05, 0) is 61.7 Å². The van der Waals surface area contributed by atoms with Crippen LogP contribution in [0.4, 0.5) is 10.1 Å². The van der Waals surface area contributed by atoms with E-state index in [-0.39, 0.29) is 63.8 Å². The van der Waals surface area contributed by atoms with Gasteiger partial charge in [0.15, 0.2) is 4.90 Å². The molecule has 1 aliphatic heterocycles. The molecule has 1 aromatic heterocycles. The number of halogens is 3. The fourth-order valence-electron chi connectivity index (χ4n) is 4.23. The molecule has 0 bridgehead atoms. The molecule has 0 saturated heterocycles. The van der Waals surface area contributed by atoms with Gasteiger partial charge in [0.25, 0.3) is 10.0 Å². The van der Waals surface area contributed by atoms with Gasteiger partial charge in [0.2, 0.25) is 5.88 Å². The Morgan fingerprint density at radius 1 is 1.28 bits per heavy atom. The van der Waals surface area contributed by atoms with Gasteiger partial charge in [-0.1, -0.05) is 41.4 Å². The normalized spacial score (nSPS) is 15.5. The van der Waals surface area contributed by atoms with Crippen LogP contribution in [0.25, 0.3) is 11.6 Å². The summed E-state index contributed by atoms with van der Waals surface area (Å²) >= 11 is 12.3. The Morgan fingerprint density at radius 2 is 2.05 bits per heavy atom. The quantitative estimate of drug-likeness (QED) is 0.289. The van der Waals surface area contributed by atoms with Crippen LogP contribution in [0.5, 0.6) is 11.6 Å². The Labute approximate surface area is 235 Å². The number of hydrogen-bond donors (Lipinski definition) is 1. The van der Waals surface area contributed by atoms with Crippen LogP contribution in [0.15, 0.2) is 53.6 Å². The molecule has 39 heavy (non-hydrogen) atoms. The number of anilines is 1. The maximum atomic E-state index is 14.5. The number of ether oxygens (including phenoxy) is 2. The van der Waals surface area contributed by atoms with Gasteiger partial charge < -0.3 is 14.6 Å². The van der Waals surface area contributed by atoms with Crippen molar-refractivity contribution in [1.82, 2.24) is 4.98 Å². The van der Waals surface area contributed by atoms with Crippen molar-refractivity contribution in [2.45, 2.75) is 37.7 Å². The lowest BCUT2D eigenvalue weighted by molar-refractivity contribution is -0.137. The Kier molecular flexibility index (Phi) is 8.68. The van der Waals surface area contributed by atoms with Crippen LogP contribution in [0.2, 0.25) is 10.0 Å². The van der Waals surface area contributed by atoms with Crippen LogP contribution in [-0.2, 0) is 14.8 Å². The van der Waals surface area contributed by atoms with Crippen molar-refractivity contribution in [3.05, 3.63) is 75.7 Å². The van der Waals surface area contributed by atoms with Crippen molar-refractivity contribution in [2.75, 3.05) is 17.5 Å². The molecule has 1 aliphatic rings. The summed E-state index contributed by atoms with van der Waals surface area (Å²) in [7, 11) is -4.30. The predicted molar refractivity (Wildman–Crippen MR) is 148 cm³/mol. The number of aliphatic carboxylic acids is 1. The summed E-state index contributed by atoms with van der Waals surface area (Å²) in [6, 6.07) is 10.5. The van der Waals surface area contributed by atoms with E-state index in [1.54, 1.807) is 44.2 Å². The molecule has 0 saturated carbocycles. The molecule has 0 aliphatic carbocycles. The molecule has 12 heteroatoms. The van der Waals surface area contributed by atoms with Gasteiger partial charge in [-0.15, -0.1) is 0 Å². The second-order valence-corrected chi connectivity index (χ2v) is 11.4. The average Bonchev–Trinajstić information content (AvgIpc) is 2.88. The van der Waals surface area contributed by atoms with E-state index >= 15 is 0 Å². The number of nitrogens with zero attached hydrogens (tertiary/aromatic N) is 2. The zero-order valence-corrected chi connectivity index (χ0v) is 23.4. The van der Waals surface area contributed by atoms with Gasteiger partial charge in [0.05, 0.1) is 28.9 Å². The number of rotatable bonds is 9.